The molecule has 1 aromatic heterocycles. The molecule has 1 aliphatic rings. The first kappa shape index (κ1) is 23.6. The molecule has 0 aliphatic carbocycles. The topological polar surface area (TPSA) is 83.8 Å². The maximum Gasteiger partial charge on any atom is 0.191 e. The average molecular weight is 488 g/mol. The molecular weight excluding hydrogens is 458 g/mol. The molecular formula is C23H29N5O3S2. The lowest BCUT2D eigenvalue weighted by atomic mass is 10.1. The quantitative estimate of drug-likeness (QED) is 0.351. The van der Waals surface area contributed by atoms with Crippen LogP contribution in [0.1, 0.15) is 16.7 Å². The molecule has 0 unspecified atom stereocenters. The minimum absolute atomic E-state index is 0.614. The van der Waals surface area contributed by atoms with Crippen LogP contribution in [0.25, 0.3) is 11.0 Å². The molecule has 3 N–H and O–H groups in total. The molecule has 33 heavy (non-hydrogen) atoms. The van der Waals surface area contributed by atoms with Crippen molar-refractivity contribution >= 4 is 40.7 Å². The number of benzene rings is 2. The smallest absolute Gasteiger partial charge is 0.191 e. The van der Waals surface area contributed by atoms with Crippen LogP contribution in [0, 0.1) is 13.8 Å². The van der Waals surface area contributed by atoms with Crippen LogP contribution >= 0.6 is 23.9 Å². The number of anilines is 1. The Morgan fingerprint density at radius 2 is 1.91 bits per heavy atom. The molecule has 2 heterocycles. The van der Waals surface area contributed by atoms with Crippen molar-refractivity contribution in [1.29, 1.82) is 0 Å². The van der Waals surface area contributed by atoms with Crippen molar-refractivity contribution in [2.24, 2.45) is 0 Å². The van der Waals surface area contributed by atoms with E-state index in [0.29, 0.717) is 23.7 Å². The molecule has 176 valence electrons. The number of fused-ring (bicyclic) bond motifs is 1. The van der Waals surface area contributed by atoms with Gasteiger partial charge in [-0.3, -0.25) is 4.72 Å². The number of hydrogen-bond acceptors (Lipinski definition) is 10. The van der Waals surface area contributed by atoms with Crippen LogP contribution in [0.5, 0.6) is 11.5 Å². The average Bonchev–Trinajstić information content (AvgIpc) is 3.44. The second-order valence-corrected chi connectivity index (χ2v) is 9.31. The maximum absolute atomic E-state index is 5.70. The van der Waals surface area contributed by atoms with Gasteiger partial charge in [0.25, 0.3) is 0 Å². The highest BCUT2D eigenvalue weighted by atomic mass is 32.2. The van der Waals surface area contributed by atoms with Gasteiger partial charge in [-0.2, -0.15) is 0 Å². The van der Waals surface area contributed by atoms with Crippen molar-refractivity contribution in [3.63, 3.8) is 0 Å². The van der Waals surface area contributed by atoms with Gasteiger partial charge in [-0.25, -0.2) is 5.43 Å². The van der Waals surface area contributed by atoms with E-state index in [2.05, 4.69) is 51.1 Å². The lowest BCUT2D eigenvalue weighted by Crippen LogP contribution is -2.28. The van der Waals surface area contributed by atoms with Crippen LogP contribution in [-0.2, 0) is 6.54 Å². The number of aryl methyl sites for hydroxylation is 2. The normalized spacial score (nSPS) is 13.5. The van der Waals surface area contributed by atoms with Gasteiger partial charge in [0.05, 0.1) is 25.7 Å². The number of hydrogen-bond donors (Lipinski definition) is 3. The van der Waals surface area contributed by atoms with Crippen molar-refractivity contribution in [2.45, 2.75) is 25.3 Å². The van der Waals surface area contributed by atoms with Crippen LogP contribution in [0.2, 0.25) is 0 Å². The third kappa shape index (κ3) is 5.35. The molecule has 0 radical (unpaired) electrons. The van der Waals surface area contributed by atoms with Gasteiger partial charge >= 0.3 is 0 Å². The van der Waals surface area contributed by atoms with Gasteiger partial charge in [0.1, 0.15) is 16.9 Å². The van der Waals surface area contributed by atoms with Crippen LogP contribution in [0.3, 0.4) is 0 Å². The zero-order valence-corrected chi connectivity index (χ0v) is 21.1. The summed E-state index contributed by atoms with van der Waals surface area (Å²) in [5.41, 5.74) is 8.82. The fraction of sp³-hybridized carbons (Fsp3) is 0.348. The van der Waals surface area contributed by atoms with Crippen molar-refractivity contribution in [3.05, 3.63) is 52.7 Å². The van der Waals surface area contributed by atoms with Gasteiger partial charge in [-0.15, -0.1) is 0 Å². The van der Waals surface area contributed by atoms with E-state index in [1.807, 2.05) is 24.5 Å². The van der Waals surface area contributed by atoms with Gasteiger partial charge in [0.2, 0.25) is 0 Å². The molecule has 0 fully saturated rings. The lowest BCUT2D eigenvalue weighted by Gasteiger charge is -2.16. The Kier molecular flexibility index (Phi) is 7.59. The van der Waals surface area contributed by atoms with E-state index >= 15 is 0 Å². The number of ether oxygens (including phenoxy) is 2. The Balaban J connectivity index is 1.53. The summed E-state index contributed by atoms with van der Waals surface area (Å²) >= 11 is 3.06. The van der Waals surface area contributed by atoms with E-state index in [0.717, 1.165) is 34.7 Å². The Bertz CT molecular complexity index is 1160. The number of aromatic nitrogens is 1. The van der Waals surface area contributed by atoms with Gasteiger partial charge in [0, 0.05) is 19.3 Å². The standard InChI is InChI=1S/C23H29N5O3S2/c1-14-6-18(29-3)21(7-15(14)2)33-27-23-22-19(30-4)8-16(9-20(22)31-26-23)12-28-13-17(10-24-28)11-25-32-5/h6-9,13,24-25H,10-12H2,1-5H3,(H,26,27). The molecule has 0 spiro atoms. The Hall–Kier alpha value is -2.53. The predicted molar refractivity (Wildman–Crippen MR) is 136 cm³/mol. The number of nitrogens with zero attached hydrogens (tertiary/aromatic N) is 2. The summed E-state index contributed by atoms with van der Waals surface area (Å²) in [5.74, 6) is 2.14. The SMILES string of the molecule is COc1cc(C)c(C)cc1SNc1noc2cc(CN3C=C(CNSC)CN3)cc(OC)c12. The highest BCUT2D eigenvalue weighted by Crippen LogP contribution is 2.38. The van der Waals surface area contributed by atoms with E-state index in [1.165, 1.54) is 28.6 Å². The number of hydrazine groups is 1. The third-order valence-corrected chi connectivity index (χ3v) is 6.77. The molecule has 8 nitrogen and oxygen atoms in total. The first-order chi connectivity index (χ1) is 16.0. The first-order valence-corrected chi connectivity index (χ1v) is 12.6. The molecule has 3 aromatic rings. The first-order valence-electron chi connectivity index (χ1n) is 10.5. The van der Waals surface area contributed by atoms with E-state index in [4.69, 9.17) is 14.0 Å². The molecule has 0 bridgehead atoms. The van der Waals surface area contributed by atoms with Gasteiger partial charge in [-0.1, -0.05) is 17.1 Å². The summed E-state index contributed by atoms with van der Waals surface area (Å²) in [5, 5.41) is 7.14. The summed E-state index contributed by atoms with van der Waals surface area (Å²) < 4.78 is 23.5. The van der Waals surface area contributed by atoms with Crippen molar-refractivity contribution < 1.29 is 14.0 Å². The molecule has 1 aliphatic heterocycles. The van der Waals surface area contributed by atoms with Crippen molar-refractivity contribution in [3.8, 4) is 11.5 Å². The molecule has 0 saturated carbocycles. The van der Waals surface area contributed by atoms with E-state index < -0.39 is 0 Å². The highest BCUT2D eigenvalue weighted by molar-refractivity contribution is 8.00. The zero-order valence-electron chi connectivity index (χ0n) is 19.4. The number of nitrogens with one attached hydrogen (secondary N) is 3. The Morgan fingerprint density at radius 1 is 1.12 bits per heavy atom. The molecule has 2 aromatic carbocycles. The number of rotatable bonds is 10. The second kappa shape index (κ2) is 10.6. The summed E-state index contributed by atoms with van der Waals surface area (Å²) in [6, 6.07) is 8.17. The summed E-state index contributed by atoms with van der Waals surface area (Å²) in [6.45, 7) is 6.53. The maximum atomic E-state index is 5.70. The Labute approximate surface area is 202 Å². The monoisotopic (exact) mass is 487 g/mol. The minimum atomic E-state index is 0.614. The summed E-state index contributed by atoms with van der Waals surface area (Å²) in [6.07, 6.45) is 4.17. The van der Waals surface area contributed by atoms with Gasteiger partial charge in [-0.05, 0) is 78.6 Å². The summed E-state index contributed by atoms with van der Waals surface area (Å²) in [4.78, 5) is 0.978. The van der Waals surface area contributed by atoms with Crippen LogP contribution in [-0.4, -0.2) is 43.7 Å². The van der Waals surface area contributed by atoms with E-state index in [-0.39, 0.29) is 0 Å². The predicted octanol–water partition coefficient (Wildman–Crippen LogP) is 4.65. The van der Waals surface area contributed by atoms with Crippen molar-refractivity contribution in [1.82, 2.24) is 20.3 Å². The minimum Gasteiger partial charge on any atom is -0.496 e. The van der Waals surface area contributed by atoms with Crippen LogP contribution < -0.4 is 24.3 Å². The lowest BCUT2D eigenvalue weighted by molar-refractivity contribution is 0.298. The molecule has 0 amide bonds. The zero-order chi connectivity index (χ0) is 23.4. The largest absolute Gasteiger partial charge is 0.496 e. The van der Waals surface area contributed by atoms with Crippen LogP contribution in [0.4, 0.5) is 5.82 Å². The molecule has 0 atom stereocenters. The molecule has 4 rings (SSSR count). The fourth-order valence-corrected chi connectivity index (χ4v) is 4.76. The van der Waals surface area contributed by atoms with Gasteiger partial charge < -0.3 is 23.7 Å². The van der Waals surface area contributed by atoms with E-state index in [9.17, 15) is 0 Å². The van der Waals surface area contributed by atoms with E-state index in [1.54, 1.807) is 26.2 Å². The second-order valence-electron chi connectivity index (χ2n) is 7.77. The Morgan fingerprint density at radius 3 is 2.67 bits per heavy atom. The molecule has 0 saturated heterocycles. The van der Waals surface area contributed by atoms with Crippen molar-refractivity contribution in [2.75, 3.05) is 38.3 Å². The number of methoxy groups -OCH3 is 2. The van der Waals surface area contributed by atoms with Crippen LogP contribution in [0.15, 0.2) is 45.5 Å². The molecule has 10 heteroatoms. The fourth-order valence-electron chi connectivity index (χ4n) is 3.60. The van der Waals surface area contributed by atoms with Gasteiger partial charge in [0.15, 0.2) is 11.4 Å². The third-order valence-electron chi connectivity index (χ3n) is 5.50. The highest BCUT2D eigenvalue weighted by Gasteiger charge is 2.18. The summed E-state index contributed by atoms with van der Waals surface area (Å²) in [7, 11) is 3.34.